The molecule has 6 nitrogen and oxygen atoms in total. The van der Waals surface area contributed by atoms with E-state index in [0.717, 1.165) is 19.3 Å². The number of carboxylic acids is 1. The molecule has 0 spiro atoms. The van der Waals surface area contributed by atoms with E-state index in [1.165, 1.54) is 6.07 Å². The number of aromatic carboxylic acids is 1. The van der Waals surface area contributed by atoms with Crippen LogP contribution in [0.5, 0.6) is 0 Å². The van der Waals surface area contributed by atoms with Crippen LogP contribution in [0.15, 0.2) is 17.0 Å². The number of hydrogen-bond acceptors (Lipinski definition) is 4. The van der Waals surface area contributed by atoms with Crippen LogP contribution >= 0.6 is 0 Å². The first-order valence-corrected chi connectivity index (χ1v) is 9.03. The molecule has 0 saturated heterocycles. The molecular weight excluding hydrogens is 318 g/mol. The summed E-state index contributed by atoms with van der Waals surface area (Å²) in [4.78, 5) is 11.3. The van der Waals surface area contributed by atoms with Gasteiger partial charge < -0.3 is 9.84 Å². The predicted octanol–water partition coefficient (Wildman–Crippen LogP) is 2.24. The average molecular weight is 341 g/mol. The second-order valence-corrected chi connectivity index (χ2v) is 7.89. The van der Waals surface area contributed by atoms with Crippen LogP contribution < -0.4 is 4.72 Å². The second kappa shape index (κ2) is 6.22. The fourth-order valence-corrected chi connectivity index (χ4v) is 4.66. The molecule has 23 heavy (non-hydrogen) atoms. The lowest BCUT2D eigenvalue weighted by atomic mass is 9.75. The van der Waals surface area contributed by atoms with Crippen LogP contribution in [0, 0.1) is 13.8 Å². The van der Waals surface area contributed by atoms with Gasteiger partial charge in [-0.05, 0) is 57.2 Å². The summed E-state index contributed by atoms with van der Waals surface area (Å²) in [5.41, 5.74) is 0.580. The summed E-state index contributed by atoms with van der Waals surface area (Å²) in [7, 11) is -2.24. The maximum atomic E-state index is 12.7. The van der Waals surface area contributed by atoms with Crippen LogP contribution in [0.1, 0.15) is 47.7 Å². The maximum absolute atomic E-state index is 12.7. The second-order valence-electron chi connectivity index (χ2n) is 6.20. The van der Waals surface area contributed by atoms with Crippen LogP contribution in [-0.2, 0) is 14.8 Å². The van der Waals surface area contributed by atoms with Gasteiger partial charge in [0.05, 0.1) is 16.1 Å². The molecule has 0 heterocycles. The van der Waals surface area contributed by atoms with E-state index >= 15 is 0 Å². The van der Waals surface area contributed by atoms with E-state index in [1.54, 1.807) is 33.9 Å². The van der Waals surface area contributed by atoms with Crippen LogP contribution in [0.25, 0.3) is 0 Å². The van der Waals surface area contributed by atoms with Gasteiger partial charge >= 0.3 is 5.97 Å². The van der Waals surface area contributed by atoms with E-state index in [1.807, 2.05) is 0 Å². The molecule has 1 aliphatic carbocycles. The summed E-state index contributed by atoms with van der Waals surface area (Å²) in [5.74, 6) is -1.14. The Morgan fingerprint density at radius 2 is 1.91 bits per heavy atom. The van der Waals surface area contributed by atoms with Gasteiger partial charge in [0.2, 0.25) is 10.0 Å². The van der Waals surface area contributed by atoms with Crippen molar-refractivity contribution < 1.29 is 23.1 Å². The molecule has 1 fully saturated rings. The van der Waals surface area contributed by atoms with Gasteiger partial charge in [0.1, 0.15) is 0 Å². The van der Waals surface area contributed by atoms with Crippen LogP contribution in [0.2, 0.25) is 0 Å². The topological polar surface area (TPSA) is 92.7 Å². The first-order valence-electron chi connectivity index (χ1n) is 7.55. The first kappa shape index (κ1) is 17.9. The maximum Gasteiger partial charge on any atom is 0.335 e. The highest BCUT2D eigenvalue weighted by atomic mass is 32.2. The quantitative estimate of drug-likeness (QED) is 0.828. The van der Waals surface area contributed by atoms with E-state index in [2.05, 4.69) is 4.72 Å². The molecule has 1 unspecified atom stereocenters. The zero-order valence-electron chi connectivity index (χ0n) is 13.8. The van der Waals surface area contributed by atoms with Crippen molar-refractivity contribution in [3.05, 3.63) is 28.8 Å². The molecule has 128 valence electrons. The molecule has 1 atom stereocenters. The minimum absolute atomic E-state index is 0.00192. The molecular formula is C16H23NO5S. The van der Waals surface area contributed by atoms with Crippen LogP contribution in [0.4, 0.5) is 0 Å². The lowest BCUT2D eigenvalue weighted by Gasteiger charge is -2.45. The fraction of sp³-hybridized carbons (Fsp3) is 0.562. The number of hydrogen-bond donors (Lipinski definition) is 2. The lowest BCUT2D eigenvalue weighted by Crippen LogP contribution is -2.56. The molecule has 0 aromatic heterocycles. The smallest absolute Gasteiger partial charge is 0.335 e. The Morgan fingerprint density at radius 1 is 1.30 bits per heavy atom. The number of nitrogens with one attached hydrogen (secondary N) is 1. The Balaban J connectivity index is 2.36. The van der Waals surface area contributed by atoms with Crippen molar-refractivity contribution in [3.8, 4) is 0 Å². The van der Waals surface area contributed by atoms with E-state index in [-0.39, 0.29) is 16.5 Å². The van der Waals surface area contributed by atoms with Gasteiger partial charge in [-0.15, -0.1) is 0 Å². The molecule has 2 N–H and O–H groups in total. The number of ether oxygens (including phenoxy) is 1. The van der Waals surface area contributed by atoms with E-state index in [9.17, 15) is 18.3 Å². The Hall–Kier alpha value is -1.44. The summed E-state index contributed by atoms with van der Waals surface area (Å²) >= 11 is 0. The molecule has 1 saturated carbocycles. The third-order valence-electron chi connectivity index (χ3n) is 4.77. The van der Waals surface area contributed by atoms with Crippen LogP contribution in [-0.4, -0.2) is 38.2 Å². The van der Waals surface area contributed by atoms with Crippen molar-refractivity contribution in [1.29, 1.82) is 0 Å². The highest BCUT2D eigenvalue weighted by Gasteiger charge is 2.44. The standard InChI is InChI=1S/C16H23NO5S/c1-10-8-11(2)14(9-13(10)15(18)19)23(20,21)17-12(3)16(22-4)6-5-7-16/h8-9,12,17H,5-7H2,1-4H3,(H,18,19). The number of sulfonamides is 1. The minimum atomic E-state index is -3.83. The van der Waals surface area contributed by atoms with Gasteiger partial charge in [0, 0.05) is 13.2 Å². The number of benzene rings is 1. The van der Waals surface area contributed by atoms with Crippen molar-refractivity contribution in [2.24, 2.45) is 0 Å². The predicted molar refractivity (Wildman–Crippen MR) is 86.2 cm³/mol. The first-order chi connectivity index (χ1) is 10.6. The normalized spacial score (nSPS) is 18.3. The number of carbonyl (C=O) groups is 1. The van der Waals surface area contributed by atoms with Crippen molar-refractivity contribution in [2.75, 3.05) is 7.11 Å². The monoisotopic (exact) mass is 341 g/mol. The zero-order chi connectivity index (χ0) is 17.4. The van der Waals surface area contributed by atoms with E-state index < -0.39 is 21.6 Å². The third-order valence-corrected chi connectivity index (χ3v) is 6.45. The SMILES string of the molecule is COC1(C(C)NS(=O)(=O)c2cc(C(=O)O)c(C)cc2C)CCC1. The van der Waals surface area contributed by atoms with E-state index in [0.29, 0.717) is 11.1 Å². The number of carboxylic acid groups (broad SMARTS) is 1. The lowest BCUT2D eigenvalue weighted by molar-refractivity contribution is -0.0894. The number of methoxy groups -OCH3 is 1. The zero-order valence-corrected chi connectivity index (χ0v) is 14.7. The molecule has 1 aliphatic rings. The number of rotatable bonds is 6. The highest BCUT2D eigenvalue weighted by molar-refractivity contribution is 7.89. The summed E-state index contributed by atoms with van der Waals surface area (Å²) < 4.78 is 33.5. The molecule has 2 rings (SSSR count). The summed E-state index contributed by atoms with van der Waals surface area (Å²) in [5, 5.41) is 9.21. The van der Waals surface area contributed by atoms with Gasteiger partial charge in [-0.2, -0.15) is 0 Å². The Bertz CT molecular complexity index is 717. The van der Waals surface area contributed by atoms with Crippen molar-refractivity contribution in [2.45, 2.75) is 56.6 Å². The van der Waals surface area contributed by atoms with Gasteiger partial charge in [0.15, 0.2) is 0 Å². The third kappa shape index (κ3) is 3.27. The van der Waals surface area contributed by atoms with Crippen LogP contribution in [0.3, 0.4) is 0 Å². The van der Waals surface area contributed by atoms with Gasteiger partial charge in [-0.3, -0.25) is 0 Å². The van der Waals surface area contributed by atoms with Gasteiger partial charge in [-0.25, -0.2) is 17.9 Å². The molecule has 0 aliphatic heterocycles. The average Bonchev–Trinajstić information content (AvgIpc) is 2.36. The minimum Gasteiger partial charge on any atom is -0.478 e. The van der Waals surface area contributed by atoms with Gasteiger partial charge in [-0.1, -0.05) is 6.07 Å². The molecule has 0 amide bonds. The van der Waals surface area contributed by atoms with Gasteiger partial charge in [0.25, 0.3) is 0 Å². The summed E-state index contributed by atoms with van der Waals surface area (Å²) in [6.45, 7) is 5.09. The Kier molecular flexibility index (Phi) is 4.84. The summed E-state index contributed by atoms with van der Waals surface area (Å²) in [6, 6.07) is 2.42. The highest BCUT2D eigenvalue weighted by Crippen LogP contribution is 2.38. The molecule has 0 radical (unpaired) electrons. The van der Waals surface area contributed by atoms with Crippen molar-refractivity contribution >= 4 is 16.0 Å². The largest absolute Gasteiger partial charge is 0.478 e. The molecule has 0 bridgehead atoms. The Labute approximate surface area is 136 Å². The fourth-order valence-electron chi connectivity index (χ4n) is 3.10. The molecule has 1 aromatic rings. The van der Waals surface area contributed by atoms with Crippen molar-refractivity contribution in [3.63, 3.8) is 0 Å². The number of aryl methyl sites for hydroxylation is 2. The molecule has 1 aromatic carbocycles. The van der Waals surface area contributed by atoms with E-state index in [4.69, 9.17) is 4.74 Å². The molecule has 7 heteroatoms. The Morgan fingerprint density at radius 3 is 2.35 bits per heavy atom. The van der Waals surface area contributed by atoms with Crippen molar-refractivity contribution in [1.82, 2.24) is 4.72 Å². The summed E-state index contributed by atoms with van der Waals surface area (Å²) in [6.07, 6.45) is 2.62.